The van der Waals surface area contributed by atoms with E-state index < -0.39 is 5.97 Å². The number of rotatable bonds is 7. The third-order valence-electron chi connectivity index (χ3n) is 3.33. The summed E-state index contributed by atoms with van der Waals surface area (Å²) in [7, 11) is 1.66. The summed E-state index contributed by atoms with van der Waals surface area (Å²) < 4.78 is 5.38. The van der Waals surface area contributed by atoms with Gasteiger partial charge in [0.1, 0.15) is 5.75 Å². The molecule has 0 saturated carbocycles. The van der Waals surface area contributed by atoms with Crippen molar-refractivity contribution < 1.29 is 14.6 Å². The highest BCUT2D eigenvalue weighted by atomic mass is 16.5. The van der Waals surface area contributed by atoms with Gasteiger partial charge in [0.15, 0.2) is 0 Å². The van der Waals surface area contributed by atoms with Gasteiger partial charge in [-0.25, -0.2) is 0 Å². The molecule has 106 valence electrons. The van der Waals surface area contributed by atoms with E-state index in [9.17, 15) is 4.79 Å². The molecule has 4 heteroatoms. The minimum Gasteiger partial charge on any atom is -0.496 e. The van der Waals surface area contributed by atoms with Crippen molar-refractivity contribution in [2.24, 2.45) is 5.92 Å². The van der Waals surface area contributed by atoms with E-state index in [1.807, 2.05) is 26.8 Å². The molecule has 0 saturated heterocycles. The van der Waals surface area contributed by atoms with Crippen molar-refractivity contribution in [3.05, 3.63) is 28.8 Å². The molecule has 1 atom stereocenters. The fourth-order valence-electron chi connectivity index (χ4n) is 2.14. The lowest BCUT2D eigenvalue weighted by Crippen LogP contribution is -2.28. The number of hydrogen-bond donors (Lipinski definition) is 2. The zero-order valence-electron chi connectivity index (χ0n) is 12.1. The maximum absolute atomic E-state index is 10.9. The lowest BCUT2D eigenvalue weighted by molar-refractivity contribution is -0.141. The highest BCUT2D eigenvalue weighted by Crippen LogP contribution is 2.24. The van der Waals surface area contributed by atoms with Crippen LogP contribution in [0, 0.1) is 19.8 Å². The number of aryl methyl sites for hydroxylation is 2. The fourth-order valence-corrected chi connectivity index (χ4v) is 2.14. The largest absolute Gasteiger partial charge is 0.496 e. The Morgan fingerprint density at radius 2 is 2.11 bits per heavy atom. The molecular formula is C15H23NO3. The van der Waals surface area contributed by atoms with Crippen LogP contribution in [0.4, 0.5) is 0 Å². The molecule has 1 rings (SSSR count). The normalized spacial score (nSPS) is 12.2. The topological polar surface area (TPSA) is 58.6 Å². The zero-order valence-corrected chi connectivity index (χ0v) is 12.1. The first-order valence-electron chi connectivity index (χ1n) is 6.57. The van der Waals surface area contributed by atoms with Gasteiger partial charge in [0.05, 0.1) is 13.0 Å². The Labute approximate surface area is 114 Å². The Bertz CT molecular complexity index is 443. The standard InChI is InChI=1S/C15H23NO3/c1-5-12(15(17)18)8-16-9-13-11(3)6-10(2)7-14(13)19-4/h6-7,12,16H,5,8-9H2,1-4H3,(H,17,18). The summed E-state index contributed by atoms with van der Waals surface area (Å²) in [6, 6.07) is 4.10. The van der Waals surface area contributed by atoms with Crippen LogP contribution in [0.1, 0.15) is 30.0 Å². The molecule has 4 nitrogen and oxygen atoms in total. The Morgan fingerprint density at radius 3 is 2.63 bits per heavy atom. The van der Waals surface area contributed by atoms with Gasteiger partial charge in [-0.05, 0) is 37.5 Å². The van der Waals surface area contributed by atoms with Crippen LogP contribution in [0.15, 0.2) is 12.1 Å². The average Bonchev–Trinajstić information content (AvgIpc) is 2.35. The molecule has 1 aromatic carbocycles. The van der Waals surface area contributed by atoms with Gasteiger partial charge in [0.2, 0.25) is 0 Å². The van der Waals surface area contributed by atoms with Crippen LogP contribution in [0.3, 0.4) is 0 Å². The van der Waals surface area contributed by atoms with Gasteiger partial charge < -0.3 is 15.2 Å². The van der Waals surface area contributed by atoms with E-state index in [0.717, 1.165) is 22.4 Å². The van der Waals surface area contributed by atoms with Crippen molar-refractivity contribution in [2.75, 3.05) is 13.7 Å². The summed E-state index contributed by atoms with van der Waals surface area (Å²) in [4.78, 5) is 10.9. The van der Waals surface area contributed by atoms with Crippen LogP contribution in [-0.2, 0) is 11.3 Å². The molecule has 0 radical (unpaired) electrons. The lowest BCUT2D eigenvalue weighted by atomic mass is 10.0. The number of carboxylic acids is 1. The lowest BCUT2D eigenvalue weighted by Gasteiger charge is -2.15. The maximum atomic E-state index is 10.9. The summed E-state index contributed by atoms with van der Waals surface area (Å²) in [5.41, 5.74) is 3.41. The second-order valence-corrected chi connectivity index (χ2v) is 4.84. The molecule has 2 N–H and O–H groups in total. The number of aliphatic carboxylic acids is 1. The molecule has 0 fully saturated rings. The van der Waals surface area contributed by atoms with Crippen molar-refractivity contribution in [3.8, 4) is 5.75 Å². The van der Waals surface area contributed by atoms with E-state index in [0.29, 0.717) is 19.5 Å². The molecule has 0 bridgehead atoms. The average molecular weight is 265 g/mol. The third kappa shape index (κ3) is 4.24. The fraction of sp³-hybridized carbons (Fsp3) is 0.533. The SMILES string of the molecule is CCC(CNCc1c(C)cc(C)cc1OC)C(=O)O. The van der Waals surface area contributed by atoms with Gasteiger partial charge in [-0.15, -0.1) is 0 Å². The van der Waals surface area contributed by atoms with Crippen molar-refractivity contribution in [1.82, 2.24) is 5.32 Å². The first-order chi connectivity index (χ1) is 8.99. The van der Waals surface area contributed by atoms with E-state index in [2.05, 4.69) is 11.4 Å². The number of benzene rings is 1. The van der Waals surface area contributed by atoms with Crippen LogP contribution in [-0.4, -0.2) is 24.7 Å². The third-order valence-corrected chi connectivity index (χ3v) is 3.33. The number of carboxylic acid groups (broad SMARTS) is 1. The molecular weight excluding hydrogens is 242 g/mol. The highest BCUT2D eigenvalue weighted by molar-refractivity contribution is 5.70. The zero-order chi connectivity index (χ0) is 14.4. The van der Waals surface area contributed by atoms with Crippen molar-refractivity contribution in [1.29, 1.82) is 0 Å². The number of methoxy groups -OCH3 is 1. The monoisotopic (exact) mass is 265 g/mol. The first-order valence-corrected chi connectivity index (χ1v) is 6.57. The molecule has 0 aliphatic carbocycles. The second kappa shape index (κ2) is 7.14. The number of carbonyl (C=O) groups is 1. The Balaban J connectivity index is 2.70. The number of ether oxygens (including phenoxy) is 1. The van der Waals surface area contributed by atoms with Crippen molar-refractivity contribution in [3.63, 3.8) is 0 Å². The smallest absolute Gasteiger partial charge is 0.307 e. The highest BCUT2D eigenvalue weighted by Gasteiger charge is 2.15. The van der Waals surface area contributed by atoms with Crippen molar-refractivity contribution >= 4 is 5.97 Å². The van der Waals surface area contributed by atoms with Crippen LogP contribution < -0.4 is 10.1 Å². The Hall–Kier alpha value is -1.55. The van der Waals surface area contributed by atoms with Crippen LogP contribution in [0.5, 0.6) is 5.75 Å². The van der Waals surface area contributed by atoms with Gasteiger partial charge in [-0.1, -0.05) is 13.0 Å². The van der Waals surface area contributed by atoms with Crippen LogP contribution in [0.25, 0.3) is 0 Å². The predicted octanol–water partition coefficient (Wildman–Crippen LogP) is 2.51. The predicted molar refractivity (Wildman–Crippen MR) is 75.6 cm³/mol. The molecule has 0 amide bonds. The van der Waals surface area contributed by atoms with Gasteiger partial charge in [-0.3, -0.25) is 4.79 Å². The van der Waals surface area contributed by atoms with Gasteiger partial charge in [0, 0.05) is 18.7 Å². The minimum absolute atomic E-state index is 0.336. The summed E-state index contributed by atoms with van der Waals surface area (Å²) in [6.45, 7) is 7.06. The van der Waals surface area contributed by atoms with Crippen LogP contribution in [0.2, 0.25) is 0 Å². The molecule has 0 aromatic heterocycles. The van der Waals surface area contributed by atoms with E-state index in [4.69, 9.17) is 9.84 Å². The summed E-state index contributed by atoms with van der Waals surface area (Å²) in [6.07, 6.45) is 0.631. The van der Waals surface area contributed by atoms with Gasteiger partial charge in [0.25, 0.3) is 0 Å². The number of hydrogen-bond acceptors (Lipinski definition) is 3. The first kappa shape index (κ1) is 15.5. The second-order valence-electron chi connectivity index (χ2n) is 4.84. The Kier molecular flexibility index (Phi) is 5.83. The molecule has 0 heterocycles. The van der Waals surface area contributed by atoms with E-state index in [-0.39, 0.29) is 5.92 Å². The van der Waals surface area contributed by atoms with Gasteiger partial charge in [-0.2, -0.15) is 0 Å². The molecule has 0 spiro atoms. The molecule has 0 aliphatic heterocycles. The molecule has 1 unspecified atom stereocenters. The Morgan fingerprint density at radius 1 is 1.42 bits per heavy atom. The van der Waals surface area contributed by atoms with E-state index in [1.54, 1.807) is 7.11 Å². The molecule has 1 aromatic rings. The van der Waals surface area contributed by atoms with Gasteiger partial charge >= 0.3 is 5.97 Å². The summed E-state index contributed by atoms with van der Waals surface area (Å²) in [5.74, 6) is -0.229. The minimum atomic E-state index is -0.748. The maximum Gasteiger partial charge on any atom is 0.307 e. The van der Waals surface area contributed by atoms with Crippen LogP contribution >= 0.6 is 0 Å². The van der Waals surface area contributed by atoms with Crippen molar-refractivity contribution in [2.45, 2.75) is 33.7 Å². The quantitative estimate of drug-likeness (QED) is 0.795. The number of nitrogens with one attached hydrogen (secondary N) is 1. The van der Waals surface area contributed by atoms with E-state index in [1.165, 1.54) is 0 Å². The van der Waals surface area contributed by atoms with E-state index >= 15 is 0 Å². The summed E-state index contributed by atoms with van der Waals surface area (Å²) in [5, 5.41) is 12.2. The summed E-state index contributed by atoms with van der Waals surface area (Å²) >= 11 is 0. The molecule has 0 aliphatic rings. The molecule has 19 heavy (non-hydrogen) atoms.